The molecule has 0 aliphatic carbocycles. The van der Waals surface area contributed by atoms with E-state index in [1.54, 1.807) is 6.07 Å². The Bertz CT molecular complexity index is 541. The molecular weight excluding hydrogens is 279 g/mol. The molecule has 1 heterocycles. The largest absolute Gasteiger partial charge is 0.416 e. The summed E-state index contributed by atoms with van der Waals surface area (Å²) in [6.45, 7) is 0.260. The molecule has 0 bridgehead atoms. The van der Waals surface area contributed by atoms with Crippen LogP contribution in [0.4, 0.5) is 13.2 Å². The zero-order valence-corrected chi connectivity index (χ0v) is 10.5. The summed E-state index contributed by atoms with van der Waals surface area (Å²) in [5.74, 6) is 0. The second kappa shape index (κ2) is 5.99. The third-order valence-corrected chi connectivity index (χ3v) is 2.44. The normalized spacial score (nSPS) is 10.9. The second-order valence-corrected chi connectivity index (χ2v) is 3.67. The molecule has 2 N–H and O–H groups in total. The van der Waals surface area contributed by atoms with E-state index in [1.165, 1.54) is 18.5 Å². The standard InChI is InChI=1S/C12H10F3N3.ClH/c13-12(14,15)9-3-1-8(2-4-9)11-5-10(6-16)17-7-18-11;/h1-5,7H,6,16H2;1H. The van der Waals surface area contributed by atoms with E-state index in [1.807, 2.05) is 0 Å². The van der Waals surface area contributed by atoms with Gasteiger partial charge in [-0.3, -0.25) is 0 Å². The molecule has 1 aromatic carbocycles. The Balaban J connectivity index is 0.00000180. The minimum atomic E-state index is -4.33. The summed E-state index contributed by atoms with van der Waals surface area (Å²) < 4.78 is 37.2. The molecule has 0 amide bonds. The van der Waals surface area contributed by atoms with Crippen molar-refractivity contribution in [3.05, 3.63) is 47.9 Å². The van der Waals surface area contributed by atoms with Crippen molar-refractivity contribution in [2.24, 2.45) is 5.73 Å². The fourth-order valence-corrected chi connectivity index (χ4v) is 1.50. The van der Waals surface area contributed by atoms with Gasteiger partial charge in [0.05, 0.1) is 17.0 Å². The van der Waals surface area contributed by atoms with Gasteiger partial charge in [0.2, 0.25) is 0 Å². The quantitative estimate of drug-likeness (QED) is 0.924. The molecule has 0 saturated carbocycles. The van der Waals surface area contributed by atoms with Crippen molar-refractivity contribution in [3.8, 4) is 11.3 Å². The zero-order valence-electron chi connectivity index (χ0n) is 9.69. The van der Waals surface area contributed by atoms with Crippen molar-refractivity contribution < 1.29 is 13.2 Å². The van der Waals surface area contributed by atoms with E-state index in [2.05, 4.69) is 9.97 Å². The van der Waals surface area contributed by atoms with Crippen LogP contribution in [0, 0.1) is 0 Å². The number of nitrogens with zero attached hydrogens (tertiary/aromatic N) is 2. The molecule has 2 aromatic rings. The van der Waals surface area contributed by atoms with Crippen molar-refractivity contribution >= 4 is 12.4 Å². The van der Waals surface area contributed by atoms with Crippen molar-refractivity contribution in [2.75, 3.05) is 0 Å². The highest BCUT2D eigenvalue weighted by molar-refractivity contribution is 5.85. The molecule has 1 aromatic heterocycles. The van der Waals surface area contributed by atoms with Gasteiger partial charge in [0, 0.05) is 12.1 Å². The molecule has 102 valence electrons. The maximum atomic E-state index is 12.4. The predicted molar refractivity (Wildman–Crippen MR) is 67.6 cm³/mol. The van der Waals surface area contributed by atoms with Gasteiger partial charge < -0.3 is 5.73 Å². The highest BCUT2D eigenvalue weighted by Gasteiger charge is 2.29. The SMILES string of the molecule is Cl.NCc1cc(-c2ccc(C(F)(F)F)cc2)ncn1. The topological polar surface area (TPSA) is 51.8 Å². The number of hydrogen-bond acceptors (Lipinski definition) is 3. The van der Waals surface area contributed by atoms with Crippen molar-refractivity contribution in [1.82, 2.24) is 9.97 Å². The highest BCUT2D eigenvalue weighted by Crippen LogP contribution is 2.30. The first kappa shape index (κ1) is 15.4. The maximum absolute atomic E-state index is 12.4. The van der Waals surface area contributed by atoms with Crippen LogP contribution in [0.15, 0.2) is 36.7 Å². The van der Waals surface area contributed by atoms with Crippen LogP contribution >= 0.6 is 12.4 Å². The van der Waals surface area contributed by atoms with Crippen LogP contribution in [0.3, 0.4) is 0 Å². The van der Waals surface area contributed by atoms with E-state index in [4.69, 9.17) is 5.73 Å². The first-order valence-electron chi connectivity index (χ1n) is 5.19. The average Bonchev–Trinajstić information content (AvgIpc) is 2.38. The summed E-state index contributed by atoms with van der Waals surface area (Å²) in [6.07, 6.45) is -2.98. The number of alkyl halides is 3. The Labute approximate surface area is 114 Å². The molecule has 0 saturated heterocycles. The van der Waals surface area contributed by atoms with E-state index in [-0.39, 0.29) is 19.0 Å². The summed E-state index contributed by atoms with van der Waals surface area (Å²) in [7, 11) is 0. The van der Waals surface area contributed by atoms with E-state index in [9.17, 15) is 13.2 Å². The van der Waals surface area contributed by atoms with Crippen LogP contribution in [0.2, 0.25) is 0 Å². The molecule has 0 spiro atoms. The lowest BCUT2D eigenvalue weighted by atomic mass is 10.1. The smallest absolute Gasteiger partial charge is 0.325 e. The molecule has 0 fully saturated rings. The average molecular weight is 290 g/mol. The molecule has 2 rings (SSSR count). The van der Waals surface area contributed by atoms with E-state index in [0.717, 1.165) is 12.1 Å². The van der Waals surface area contributed by atoms with E-state index in [0.29, 0.717) is 17.0 Å². The molecule has 0 aliphatic rings. The van der Waals surface area contributed by atoms with Crippen LogP contribution in [-0.2, 0) is 12.7 Å². The predicted octanol–water partition coefficient (Wildman–Crippen LogP) is 3.04. The third-order valence-electron chi connectivity index (χ3n) is 2.44. The lowest BCUT2D eigenvalue weighted by Crippen LogP contribution is -2.04. The van der Waals surface area contributed by atoms with Gasteiger partial charge in [-0.25, -0.2) is 9.97 Å². The molecule has 0 unspecified atom stereocenters. The van der Waals surface area contributed by atoms with Gasteiger partial charge in [-0.15, -0.1) is 12.4 Å². The number of benzene rings is 1. The van der Waals surface area contributed by atoms with Gasteiger partial charge in [-0.1, -0.05) is 12.1 Å². The minimum Gasteiger partial charge on any atom is -0.325 e. The molecule has 3 nitrogen and oxygen atoms in total. The van der Waals surface area contributed by atoms with Crippen molar-refractivity contribution in [1.29, 1.82) is 0 Å². The van der Waals surface area contributed by atoms with Crippen LogP contribution in [-0.4, -0.2) is 9.97 Å². The zero-order chi connectivity index (χ0) is 13.2. The van der Waals surface area contributed by atoms with Crippen molar-refractivity contribution in [3.63, 3.8) is 0 Å². The van der Waals surface area contributed by atoms with E-state index >= 15 is 0 Å². The Hall–Kier alpha value is -1.66. The molecule has 19 heavy (non-hydrogen) atoms. The maximum Gasteiger partial charge on any atom is 0.416 e. The first-order valence-corrected chi connectivity index (χ1v) is 5.19. The van der Waals surface area contributed by atoms with Gasteiger partial charge >= 0.3 is 6.18 Å². The molecule has 0 atom stereocenters. The highest BCUT2D eigenvalue weighted by atomic mass is 35.5. The number of rotatable bonds is 2. The van der Waals surface area contributed by atoms with Crippen LogP contribution < -0.4 is 5.73 Å². The second-order valence-electron chi connectivity index (χ2n) is 3.67. The summed E-state index contributed by atoms with van der Waals surface area (Å²) in [6, 6.07) is 6.47. The Kier molecular flexibility index (Phi) is 4.85. The molecule has 7 heteroatoms. The third kappa shape index (κ3) is 3.65. The van der Waals surface area contributed by atoms with E-state index < -0.39 is 11.7 Å². The molecular formula is C12H11ClF3N3. The monoisotopic (exact) mass is 289 g/mol. The first-order chi connectivity index (χ1) is 8.50. The molecule has 0 aliphatic heterocycles. The minimum absolute atomic E-state index is 0. The Morgan fingerprint density at radius 3 is 2.21 bits per heavy atom. The molecule has 0 radical (unpaired) electrons. The number of aromatic nitrogens is 2. The van der Waals surface area contributed by atoms with Gasteiger partial charge in [-0.05, 0) is 18.2 Å². The van der Waals surface area contributed by atoms with Crippen LogP contribution in [0.1, 0.15) is 11.3 Å². The number of hydrogen-bond donors (Lipinski definition) is 1. The van der Waals surface area contributed by atoms with Crippen LogP contribution in [0.5, 0.6) is 0 Å². The lowest BCUT2D eigenvalue weighted by Gasteiger charge is -2.07. The summed E-state index contributed by atoms with van der Waals surface area (Å²) >= 11 is 0. The Morgan fingerprint density at radius 2 is 1.68 bits per heavy atom. The van der Waals surface area contributed by atoms with Gasteiger partial charge in [0.1, 0.15) is 6.33 Å². The summed E-state index contributed by atoms with van der Waals surface area (Å²) in [4.78, 5) is 7.93. The fourth-order valence-electron chi connectivity index (χ4n) is 1.50. The van der Waals surface area contributed by atoms with Gasteiger partial charge in [0.25, 0.3) is 0 Å². The van der Waals surface area contributed by atoms with Crippen molar-refractivity contribution in [2.45, 2.75) is 12.7 Å². The number of halogens is 4. The van der Waals surface area contributed by atoms with Gasteiger partial charge in [-0.2, -0.15) is 13.2 Å². The Morgan fingerprint density at radius 1 is 1.05 bits per heavy atom. The van der Waals surface area contributed by atoms with Gasteiger partial charge in [0.15, 0.2) is 0 Å². The summed E-state index contributed by atoms with van der Waals surface area (Å²) in [5, 5.41) is 0. The number of nitrogens with two attached hydrogens (primary N) is 1. The fraction of sp³-hybridized carbons (Fsp3) is 0.167. The lowest BCUT2D eigenvalue weighted by molar-refractivity contribution is -0.137. The van der Waals surface area contributed by atoms with Crippen LogP contribution in [0.25, 0.3) is 11.3 Å². The summed E-state index contributed by atoms with van der Waals surface area (Å²) in [5.41, 5.74) is 6.55.